The number of aliphatic hydroxyl groups is 1. The minimum Gasteiger partial charge on any atom is -0.388 e. The first-order valence-electron chi connectivity index (χ1n) is 6.89. The molecule has 0 aliphatic heterocycles. The summed E-state index contributed by atoms with van der Waals surface area (Å²) in [6.45, 7) is 1.93. The van der Waals surface area contributed by atoms with E-state index in [1.54, 1.807) is 6.20 Å². The number of rotatable bonds is 3. The predicted octanol–water partition coefficient (Wildman–Crippen LogP) is 2.80. The minimum absolute atomic E-state index is 0.438. The van der Waals surface area contributed by atoms with Crippen LogP contribution in [-0.4, -0.2) is 15.1 Å². The molecule has 0 saturated heterocycles. The molecule has 0 saturated carbocycles. The van der Waals surface area contributed by atoms with Crippen LogP contribution in [0.2, 0.25) is 0 Å². The lowest BCUT2D eigenvalue weighted by molar-refractivity contribution is 0.180. The van der Waals surface area contributed by atoms with Crippen LogP contribution in [0.1, 0.15) is 22.9 Å². The van der Waals surface area contributed by atoms with Crippen LogP contribution in [0, 0.1) is 6.92 Å². The van der Waals surface area contributed by atoms with Crippen molar-refractivity contribution in [2.75, 3.05) is 5.73 Å². The summed E-state index contributed by atoms with van der Waals surface area (Å²) in [6, 6.07) is 13.5. The Morgan fingerprint density at radius 3 is 2.81 bits per heavy atom. The third-order valence-corrected chi connectivity index (χ3v) is 3.57. The lowest BCUT2D eigenvalue weighted by Gasteiger charge is -2.15. The van der Waals surface area contributed by atoms with Crippen molar-refractivity contribution in [1.82, 2.24) is 9.97 Å². The van der Waals surface area contributed by atoms with Gasteiger partial charge in [0.2, 0.25) is 0 Å². The molecule has 2 heterocycles. The number of hydrogen-bond donors (Lipinski definition) is 2. The molecule has 3 rings (SSSR count). The lowest BCUT2D eigenvalue weighted by atomic mass is 9.98. The molecule has 1 atom stereocenters. The van der Waals surface area contributed by atoms with Gasteiger partial charge in [0.25, 0.3) is 0 Å². The molecule has 0 spiro atoms. The van der Waals surface area contributed by atoms with Gasteiger partial charge in [0.1, 0.15) is 5.82 Å². The van der Waals surface area contributed by atoms with Crippen LogP contribution in [0.5, 0.6) is 0 Å². The maximum absolute atomic E-state index is 10.6. The van der Waals surface area contributed by atoms with E-state index in [-0.39, 0.29) is 0 Å². The van der Waals surface area contributed by atoms with Gasteiger partial charge in [0, 0.05) is 23.7 Å². The number of para-hydroxylation sites is 1. The van der Waals surface area contributed by atoms with Crippen molar-refractivity contribution in [2.24, 2.45) is 0 Å². The molecule has 0 amide bonds. The van der Waals surface area contributed by atoms with Crippen LogP contribution in [-0.2, 0) is 6.42 Å². The first kappa shape index (κ1) is 13.5. The van der Waals surface area contributed by atoms with E-state index in [0.717, 1.165) is 27.7 Å². The van der Waals surface area contributed by atoms with Crippen LogP contribution in [0.25, 0.3) is 10.9 Å². The van der Waals surface area contributed by atoms with Crippen molar-refractivity contribution in [1.29, 1.82) is 0 Å². The van der Waals surface area contributed by atoms with Crippen molar-refractivity contribution >= 4 is 16.7 Å². The second-order valence-corrected chi connectivity index (χ2v) is 5.14. The average Bonchev–Trinajstić information content (AvgIpc) is 2.48. The van der Waals surface area contributed by atoms with Crippen molar-refractivity contribution in [2.45, 2.75) is 19.4 Å². The maximum atomic E-state index is 10.6. The fourth-order valence-electron chi connectivity index (χ4n) is 2.56. The van der Waals surface area contributed by atoms with Crippen LogP contribution in [0.15, 0.2) is 48.7 Å². The summed E-state index contributed by atoms with van der Waals surface area (Å²) in [5, 5.41) is 11.6. The van der Waals surface area contributed by atoms with Gasteiger partial charge >= 0.3 is 0 Å². The largest absolute Gasteiger partial charge is 0.388 e. The van der Waals surface area contributed by atoms with E-state index in [2.05, 4.69) is 9.97 Å². The highest BCUT2D eigenvalue weighted by molar-refractivity contribution is 5.82. The predicted molar refractivity (Wildman–Crippen MR) is 83.8 cm³/mol. The normalized spacial score (nSPS) is 12.5. The number of aliphatic hydroxyl groups excluding tert-OH is 1. The van der Waals surface area contributed by atoms with E-state index in [4.69, 9.17) is 5.73 Å². The van der Waals surface area contributed by atoms with Gasteiger partial charge in [-0.05, 0) is 36.2 Å². The maximum Gasteiger partial charge on any atom is 0.126 e. The fourth-order valence-corrected chi connectivity index (χ4v) is 2.56. The number of benzene rings is 1. The molecule has 0 radical (unpaired) electrons. The molecule has 0 aliphatic rings. The fraction of sp³-hybridized carbons (Fsp3) is 0.176. The van der Waals surface area contributed by atoms with Gasteiger partial charge in [0.15, 0.2) is 0 Å². The number of pyridine rings is 2. The molecule has 2 aromatic heterocycles. The van der Waals surface area contributed by atoms with Crippen LogP contribution < -0.4 is 5.73 Å². The molecule has 4 heteroatoms. The smallest absolute Gasteiger partial charge is 0.126 e. The Bertz CT molecular complexity index is 786. The molecule has 0 fully saturated rings. The van der Waals surface area contributed by atoms with Crippen molar-refractivity contribution in [3.05, 3.63) is 65.5 Å². The number of anilines is 1. The lowest BCUT2D eigenvalue weighted by Crippen LogP contribution is -2.06. The number of nitrogens with zero attached hydrogens (tertiary/aromatic N) is 2. The summed E-state index contributed by atoms with van der Waals surface area (Å²) >= 11 is 0. The van der Waals surface area contributed by atoms with E-state index in [1.807, 2.05) is 49.4 Å². The average molecular weight is 279 g/mol. The molecule has 21 heavy (non-hydrogen) atoms. The zero-order chi connectivity index (χ0) is 14.8. The Balaban J connectivity index is 2.02. The summed E-state index contributed by atoms with van der Waals surface area (Å²) in [5.41, 5.74) is 9.37. The number of aryl methyl sites for hydroxylation is 1. The number of fused-ring (bicyclic) bond motifs is 1. The summed E-state index contributed by atoms with van der Waals surface area (Å²) in [5.74, 6) is 0.464. The molecule has 3 N–H and O–H groups in total. The summed E-state index contributed by atoms with van der Waals surface area (Å²) in [4.78, 5) is 8.56. The zero-order valence-electron chi connectivity index (χ0n) is 11.8. The van der Waals surface area contributed by atoms with E-state index < -0.39 is 6.10 Å². The summed E-state index contributed by atoms with van der Waals surface area (Å²) in [6.07, 6.45) is 1.45. The Morgan fingerprint density at radius 2 is 2.00 bits per heavy atom. The minimum atomic E-state index is -0.636. The molecular weight excluding hydrogens is 262 g/mol. The Hall–Kier alpha value is -2.46. The first-order chi connectivity index (χ1) is 10.1. The molecular formula is C17H17N3O. The molecule has 0 aliphatic carbocycles. The Kier molecular flexibility index (Phi) is 3.54. The van der Waals surface area contributed by atoms with Crippen molar-refractivity contribution < 1.29 is 5.11 Å². The highest BCUT2D eigenvalue weighted by Gasteiger charge is 2.15. The van der Waals surface area contributed by atoms with Crippen LogP contribution >= 0.6 is 0 Å². The molecule has 106 valence electrons. The Labute approximate surface area is 123 Å². The van der Waals surface area contributed by atoms with Gasteiger partial charge in [-0.2, -0.15) is 0 Å². The van der Waals surface area contributed by atoms with E-state index in [1.165, 1.54) is 0 Å². The third kappa shape index (κ3) is 2.71. The zero-order valence-corrected chi connectivity index (χ0v) is 11.8. The van der Waals surface area contributed by atoms with E-state index in [9.17, 15) is 5.11 Å². The number of hydrogen-bond acceptors (Lipinski definition) is 4. The Morgan fingerprint density at radius 1 is 1.19 bits per heavy atom. The SMILES string of the molecule is Cc1cc(C(O)Cc2cccnc2N)c2ccccc2n1. The van der Waals surface area contributed by atoms with Gasteiger partial charge in [0.05, 0.1) is 11.6 Å². The molecule has 1 unspecified atom stereocenters. The topological polar surface area (TPSA) is 72.0 Å². The van der Waals surface area contributed by atoms with Gasteiger partial charge in [-0.25, -0.2) is 4.98 Å². The van der Waals surface area contributed by atoms with Crippen LogP contribution in [0.3, 0.4) is 0 Å². The van der Waals surface area contributed by atoms with Gasteiger partial charge in [-0.1, -0.05) is 24.3 Å². The summed E-state index contributed by atoms with van der Waals surface area (Å²) in [7, 11) is 0. The highest BCUT2D eigenvalue weighted by Crippen LogP contribution is 2.27. The van der Waals surface area contributed by atoms with Crippen LogP contribution in [0.4, 0.5) is 5.82 Å². The van der Waals surface area contributed by atoms with Crippen molar-refractivity contribution in [3.8, 4) is 0 Å². The van der Waals surface area contributed by atoms with E-state index in [0.29, 0.717) is 12.2 Å². The number of nitrogens with two attached hydrogens (primary N) is 1. The number of aromatic nitrogens is 2. The van der Waals surface area contributed by atoms with Gasteiger partial charge < -0.3 is 10.8 Å². The molecule has 3 aromatic rings. The number of nitrogen functional groups attached to an aromatic ring is 1. The highest BCUT2D eigenvalue weighted by atomic mass is 16.3. The van der Waals surface area contributed by atoms with E-state index >= 15 is 0 Å². The van der Waals surface area contributed by atoms with Gasteiger partial charge in [-0.3, -0.25) is 4.98 Å². The summed E-state index contributed by atoms with van der Waals surface area (Å²) < 4.78 is 0. The second-order valence-electron chi connectivity index (χ2n) is 5.14. The molecule has 1 aromatic carbocycles. The van der Waals surface area contributed by atoms with Crippen molar-refractivity contribution in [3.63, 3.8) is 0 Å². The quantitative estimate of drug-likeness (QED) is 0.773. The second kappa shape index (κ2) is 5.50. The molecule has 4 nitrogen and oxygen atoms in total. The van der Waals surface area contributed by atoms with Gasteiger partial charge in [-0.15, -0.1) is 0 Å². The first-order valence-corrected chi connectivity index (χ1v) is 6.89. The molecule has 0 bridgehead atoms. The third-order valence-electron chi connectivity index (χ3n) is 3.57. The monoisotopic (exact) mass is 279 g/mol. The standard InChI is InChI=1S/C17H17N3O/c1-11-9-14(13-6-2-3-7-15(13)20-11)16(21)10-12-5-4-8-19-17(12)18/h2-9,16,21H,10H2,1H3,(H2,18,19).